The van der Waals surface area contributed by atoms with Gasteiger partial charge in [0.1, 0.15) is 6.10 Å². The predicted octanol–water partition coefficient (Wildman–Crippen LogP) is 1.44. The van der Waals surface area contributed by atoms with Crippen LogP contribution in [0.3, 0.4) is 0 Å². The molecule has 0 N–H and O–H groups in total. The molecule has 3 atom stereocenters. The summed E-state index contributed by atoms with van der Waals surface area (Å²) in [5, 5.41) is 0. The highest BCUT2D eigenvalue weighted by atomic mass is 19.1. The number of rotatable bonds is 0. The number of ether oxygens (including phenoxy) is 1. The van der Waals surface area contributed by atoms with Crippen molar-refractivity contribution < 1.29 is 13.9 Å². The minimum atomic E-state index is -1.63. The summed E-state index contributed by atoms with van der Waals surface area (Å²) in [5.41, 5.74) is -1.63. The van der Waals surface area contributed by atoms with Gasteiger partial charge in [0.15, 0.2) is 0 Å². The lowest BCUT2D eigenvalue weighted by atomic mass is 9.81. The Balaban J connectivity index is 2.24. The number of hydrogen-bond donors (Lipinski definition) is 0. The highest BCUT2D eigenvalue weighted by Crippen LogP contribution is 2.43. The van der Waals surface area contributed by atoms with Crippen molar-refractivity contribution in [2.45, 2.75) is 38.0 Å². The van der Waals surface area contributed by atoms with Crippen LogP contribution in [-0.4, -0.2) is 17.7 Å². The normalized spacial score (nSPS) is 49.1. The van der Waals surface area contributed by atoms with Gasteiger partial charge in [-0.1, -0.05) is 6.92 Å². The van der Waals surface area contributed by atoms with Gasteiger partial charge in [0.25, 0.3) is 0 Å². The molecule has 1 heterocycles. The van der Waals surface area contributed by atoms with E-state index in [-0.39, 0.29) is 12.5 Å². The molecule has 1 saturated heterocycles. The van der Waals surface area contributed by atoms with Crippen LogP contribution in [-0.2, 0) is 9.53 Å². The third-order valence-electron chi connectivity index (χ3n) is 2.78. The van der Waals surface area contributed by atoms with E-state index in [9.17, 15) is 9.18 Å². The molecule has 2 rings (SSSR count). The first-order valence-corrected chi connectivity index (χ1v) is 4.02. The molecule has 0 unspecified atom stereocenters. The zero-order chi connectivity index (χ0) is 8.06. The van der Waals surface area contributed by atoms with E-state index < -0.39 is 11.6 Å². The Labute approximate surface area is 64.7 Å². The average molecular weight is 158 g/mol. The molecule has 2 aliphatic rings. The van der Waals surface area contributed by atoms with Gasteiger partial charge < -0.3 is 4.74 Å². The third-order valence-corrected chi connectivity index (χ3v) is 2.78. The molecule has 2 fully saturated rings. The Bertz CT molecular complexity index is 204. The molecule has 2 nitrogen and oxygen atoms in total. The summed E-state index contributed by atoms with van der Waals surface area (Å²) < 4.78 is 18.3. The Hall–Kier alpha value is -0.600. The van der Waals surface area contributed by atoms with Crippen LogP contribution in [0.15, 0.2) is 0 Å². The highest BCUT2D eigenvalue weighted by molar-refractivity contribution is 5.82. The van der Waals surface area contributed by atoms with E-state index in [0.717, 1.165) is 6.42 Å². The van der Waals surface area contributed by atoms with E-state index in [2.05, 4.69) is 0 Å². The fourth-order valence-electron chi connectivity index (χ4n) is 1.85. The van der Waals surface area contributed by atoms with Crippen molar-refractivity contribution in [1.29, 1.82) is 0 Å². The topological polar surface area (TPSA) is 26.3 Å². The van der Waals surface area contributed by atoms with E-state index in [1.165, 1.54) is 0 Å². The maximum absolute atomic E-state index is 13.4. The van der Waals surface area contributed by atoms with Crippen LogP contribution in [0, 0.1) is 5.92 Å². The molecule has 1 aliphatic carbocycles. The molecule has 3 heteroatoms. The molecular formula is C8H11FO2. The van der Waals surface area contributed by atoms with Crippen LogP contribution in [0.4, 0.5) is 4.39 Å². The highest BCUT2D eigenvalue weighted by Gasteiger charge is 2.54. The zero-order valence-corrected chi connectivity index (χ0v) is 6.47. The third kappa shape index (κ3) is 0.865. The van der Waals surface area contributed by atoms with Gasteiger partial charge in [-0.05, 0) is 18.8 Å². The maximum Gasteiger partial charge on any atom is 0.344 e. The molecule has 0 aromatic heterocycles. The first-order valence-electron chi connectivity index (χ1n) is 4.02. The second-order valence-corrected chi connectivity index (χ2v) is 3.63. The molecule has 2 bridgehead atoms. The van der Waals surface area contributed by atoms with Gasteiger partial charge in [-0.15, -0.1) is 0 Å². The Morgan fingerprint density at radius 3 is 3.09 bits per heavy atom. The average Bonchev–Trinajstić information content (AvgIpc) is 2.20. The van der Waals surface area contributed by atoms with Crippen molar-refractivity contribution in [2.75, 3.05) is 0 Å². The summed E-state index contributed by atoms with van der Waals surface area (Å²) in [5.74, 6) is -0.294. The van der Waals surface area contributed by atoms with Crippen molar-refractivity contribution in [3.05, 3.63) is 0 Å². The maximum atomic E-state index is 13.4. The quantitative estimate of drug-likeness (QED) is 0.498. The molecule has 11 heavy (non-hydrogen) atoms. The Morgan fingerprint density at radius 1 is 1.73 bits per heavy atom. The largest absolute Gasteiger partial charge is 0.460 e. The van der Waals surface area contributed by atoms with E-state index in [4.69, 9.17) is 4.74 Å². The minimum absolute atomic E-state index is 0.152. The fraction of sp³-hybridized carbons (Fsp3) is 0.875. The number of carbonyl (C=O) groups is 1. The van der Waals surface area contributed by atoms with E-state index in [1.807, 2.05) is 6.92 Å². The zero-order valence-electron chi connectivity index (χ0n) is 6.47. The number of halogens is 1. The molecule has 0 amide bonds. The van der Waals surface area contributed by atoms with Gasteiger partial charge in [0.2, 0.25) is 5.67 Å². The van der Waals surface area contributed by atoms with Gasteiger partial charge in [-0.25, -0.2) is 9.18 Å². The monoisotopic (exact) mass is 158 g/mol. The van der Waals surface area contributed by atoms with E-state index in [0.29, 0.717) is 12.3 Å². The summed E-state index contributed by atoms with van der Waals surface area (Å²) in [7, 11) is 0. The van der Waals surface area contributed by atoms with Gasteiger partial charge in [0, 0.05) is 6.42 Å². The van der Waals surface area contributed by atoms with Gasteiger partial charge in [0.05, 0.1) is 0 Å². The van der Waals surface area contributed by atoms with Crippen molar-refractivity contribution in [2.24, 2.45) is 5.92 Å². The first kappa shape index (κ1) is 7.07. The van der Waals surface area contributed by atoms with Crippen molar-refractivity contribution in [1.82, 2.24) is 0 Å². The molecule has 1 aliphatic heterocycles. The number of alkyl halides is 1. The Kier molecular flexibility index (Phi) is 1.26. The lowest BCUT2D eigenvalue weighted by Gasteiger charge is -2.24. The summed E-state index contributed by atoms with van der Waals surface area (Å²) in [6, 6.07) is 0. The van der Waals surface area contributed by atoms with Crippen molar-refractivity contribution in [3.8, 4) is 0 Å². The van der Waals surface area contributed by atoms with Gasteiger partial charge >= 0.3 is 5.97 Å². The number of hydrogen-bond acceptors (Lipinski definition) is 2. The number of esters is 1. The van der Waals surface area contributed by atoms with Gasteiger partial charge in [-0.2, -0.15) is 0 Å². The lowest BCUT2D eigenvalue weighted by Crippen LogP contribution is -2.32. The van der Waals surface area contributed by atoms with Crippen LogP contribution in [0.25, 0.3) is 0 Å². The van der Waals surface area contributed by atoms with Crippen molar-refractivity contribution in [3.63, 3.8) is 0 Å². The second-order valence-electron chi connectivity index (χ2n) is 3.63. The molecule has 0 aromatic rings. The van der Waals surface area contributed by atoms with Crippen LogP contribution in [0.5, 0.6) is 0 Å². The molecule has 62 valence electrons. The number of fused-ring (bicyclic) bond motifs is 2. The van der Waals surface area contributed by atoms with Crippen molar-refractivity contribution >= 4 is 5.97 Å². The molecule has 0 spiro atoms. The van der Waals surface area contributed by atoms with Crippen LogP contribution >= 0.6 is 0 Å². The number of carbonyl (C=O) groups excluding carboxylic acids is 1. The summed E-state index contributed by atoms with van der Waals surface area (Å²) in [6.45, 7) is 2.00. The predicted molar refractivity (Wildman–Crippen MR) is 36.7 cm³/mol. The molecular weight excluding hydrogens is 147 g/mol. The molecule has 1 saturated carbocycles. The Morgan fingerprint density at radius 2 is 2.45 bits per heavy atom. The van der Waals surface area contributed by atoms with Crippen LogP contribution < -0.4 is 0 Å². The summed E-state index contributed by atoms with van der Waals surface area (Å²) in [4.78, 5) is 10.9. The molecule has 0 radical (unpaired) electrons. The summed E-state index contributed by atoms with van der Waals surface area (Å²) >= 11 is 0. The summed E-state index contributed by atoms with van der Waals surface area (Å²) in [6.07, 6.45) is 1.25. The lowest BCUT2D eigenvalue weighted by molar-refractivity contribution is -0.149. The SMILES string of the molecule is C[C@H]1CC[C@@]2(F)C[C@H]1OC2=O. The van der Waals surface area contributed by atoms with Crippen LogP contribution in [0.2, 0.25) is 0 Å². The van der Waals surface area contributed by atoms with Crippen LogP contribution in [0.1, 0.15) is 26.2 Å². The standard InChI is InChI=1S/C8H11FO2/c1-5-2-3-8(9)4-6(5)11-7(8)10/h5-6H,2-4H2,1H3/t5-,6+,8+/m0/s1. The first-order chi connectivity index (χ1) is 5.12. The fourth-order valence-corrected chi connectivity index (χ4v) is 1.85. The molecule has 0 aromatic carbocycles. The minimum Gasteiger partial charge on any atom is -0.460 e. The second kappa shape index (κ2) is 1.96. The van der Waals surface area contributed by atoms with E-state index in [1.54, 1.807) is 0 Å². The smallest absolute Gasteiger partial charge is 0.344 e. The van der Waals surface area contributed by atoms with Gasteiger partial charge in [-0.3, -0.25) is 0 Å². The van der Waals surface area contributed by atoms with E-state index >= 15 is 0 Å².